The van der Waals surface area contributed by atoms with Crippen LogP contribution >= 0.6 is 11.6 Å². The smallest absolute Gasteiger partial charge is 0.258 e. The van der Waals surface area contributed by atoms with E-state index in [2.05, 4.69) is 5.32 Å². The molecule has 0 aromatic heterocycles. The molecule has 1 atom stereocenters. The summed E-state index contributed by atoms with van der Waals surface area (Å²) in [5.41, 5.74) is -0.790. The van der Waals surface area contributed by atoms with Crippen molar-refractivity contribution in [2.75, 3.05) is 13.2 Å². The number of rotatable bonds is 6. The third-order valence-electron chi connectivity index (χ3n) is 3.28. The summed E-state index contributed by atoms with van der Waals surface area (Å²) in [6, 6.07) is 12.1. The molecule has 23 heavy (non-hydrogen) atoms. The molecule has 1 amide bonds. The summed E-state index contributed by atoms with van der Waals surface area (Å²) < 4.78 is 18.2. The van der Waals surface area contributed by atoms with Gasteiger partial charge >= 0.3 is 0 Å². The number of benzene rings is 2. The van der Waals surface area contributed by atoms with E-state index in [1.807, 2.05) is 0 Å². The number of halogens is 2. The third-order valence-corrected chi connectivity index (χ3v) is 3.53. The summed E-state index contributed by atoms with van der Waals surface area (Å²) in [4.78, 5) is 11.8. The highest BCUT2D eigenvalue weighted by Gasteiger charge is 2.23. The Bertz CT molecular complexity index is 657. The number of amides is 1. The highest BCUT2D eigenvalue weighted by Crippen LogP contribution is 2.20. The summed E-state index contributed by atoms with van der Waals surface area (Å²) in [5, 5.41) is 13.5. The molecule has 122 valence electrons. The summed E-state index contributed by atoms with van der Waals surface area (Å²) in [6.07, 6.45) is 0. The van der Waals surface area contributed by atoms with Gasteiger partial charge in [-0.2, -0.15) is 0 Å². The van der Waals surface area contributed by atoms with Crippen LogP contribution in [0.25, 0.3) is 0 Å². The molecule has 0 aliphatic rings. The van der Waals surface area contributed by atoms with E-state index >= 15 is 0 Å². The molecule has 0 fully saturated rings. The maximum Gasteiger partial charge on any atom is 0.258 e. The average molecular weight is 338 g/mol. The monoisotopic (exact) mass is 337 g/mol. The second-order valence-corrected chi connectivity index (χ2v) is 5.74. The molecule has 2 rings (SSSR count). The first-order valence-corrected chi connectivity index (χ1v) is 7.38. The molecule has 0 spiro atoms. The Kier molecular flexibility index (Phi) is 5.58. The Hall–Kier alpha value is -2.11. The van der Waals surface area contributed by atoms with E-state index in [1.165, 1.54) is 24.3 Å². The van der Waals surface area contributed by atoms with Crippen LogP contribution in [0.1, 0.15) is 12.5 Å². The van der Waals surface area contributed by atoms with Crippen molar-refractivity contribution in [3.8, 4) is 5.75 Å². The van der Waals surface area contributed by atoms with E-state index in [0.717, 1.165) is 0 Å². The number of nitrogens with one attached hydrogen (secondary N) is 1. The van der Waals surface area contributed by atoms with Gasteiger partial charge in [-0.1, -0.05) is 23.7 Å². The van der Waals surface area contributed by atoms with E-state index in [-0.39, 0.29) is 24.9 Å². The normalized spacial score (nSPS) is 13.2. The van der Waals surface area contributed by atoms with E-state index in [9.17, 15) is 14.3 Å². The highest BCUT2D eigenvalue weighted by atomic mass is 35.5. The molecule has 2 aromatic carbocycles. The Labute approximate surface area is 138 Å². The first-order valence-electron chi connectivity index (χ1n) is 7.00. The van der Waals surface area contributed by atoms with Crippen molar-refractivity contribution in [2.45, 2.75) is 12.5 Å². The molecule has 4 nitrogen and oxygen atoms in total. The lowest BCUT2D eigenvalue weighted by Gasteiger charge is -2.24. The van der Waals surface area contributed by atoms with E-state index < -0.39 is 5.60 Å². The van der Waals surface area contributed by atoms with Crippen molar-refractivity contribution in [2.24, 2.45) is 0 Å². The Morgan fingerprint density at radius 3 is 2.43 bits per heavy atom. The van der Waals surface area contributed by atoms with Crippen LogP contribution in [0, 0.1) is 5.82 Å². The number of hydrogen-bond acceptors (Lipinski definition) is 3. The van der Waals surface area contributed by atoms with Gasteiger partial charge < -0.3 is 15.2 Å². The number of hydrogen-bond donors (Lipinski definition) is 2. The van der Waals surface area contributed by atoms with Gasteiger partial charge in [-0.25, -0.2) is 4.39 Å². The summed E-state index contributed by atoms with van der Waals surface area (Å²) in [5.74, 6) is -0.234. The zero-order chi connectivity index (χ0) is 16.9. The SMILES string of the molecule is CC(O)(CNC(=O)COc1ccc(Cl)cc1)c1ccc(F)cc1. The van der Waals surface area contributed by atoms with Crippen molar-refractivity contribution in [3.05, 3.63) is 64.9 Å². The van der Waals surface area contributed by atoms with Crippen molar-refractivity contribution in [3.63, 3.8) is 0 Å². The molecule has 2 aromatic rings. The minimum absolute atomic E-state index is 0.0125. The van der Waals surface area contributed by atoms with Gasteiger partial charge in [0.15, 0.2) is 6.61 Å². The van der Waals surface area contributed by atoms with Crippen molar-refractivity contribution < 1.29 is 19.0 Å². The molecule has 2 N–H and O–H groups in total. The molecule has 0 aliphatic heterocycles. The van der Waals surface area contributed by atoms with Crippen LogP contribution in [0.5, 0.6) is 5.75 Å². The molecule has 0 heterocycles. The zero-order valence-corrected chi connectivity index (χ0v) is 13.3. The quantitative estimate of drug-likeness (QED) is 0.852. The predicted octanol–water partition coefficient (Wildman–Crippen LogP) is 2.88. The summed E-state index contributed by atoms with van der Waals surface area (Å²) in [6.45, 7) is 1.35. The lowest BCUT2D eigenvalue weighted by Crippen LogP contribution is -2.40. The molecule has 0 radical (unpaired) electrons. The predicted molar refractivity (Wildman–Crippen MR) is 85.9 cm³/mol. The largest absolute Gasteiger partial charge is 0.484 e. The minimum Gasteiger partial charge on any atom is -0.484 e. The molecular formula is C17H17ClFNO3. The molecule has 6 heteroatoms. The van der Waals surface area contributed by atoms with Gasteiger partial charge in [0, 0.05) is 5.02 Å². The second-order valence-electron chi connectivity index (χ2n) is 5.30. The maximum atomic E-state index is 12.9. The van der Waals surface area contributed by atoms with Crippen LogP contribution < -0.4 is 10.1 Å². The summed E-state index contributed by atoms with van der Waals surface area (Å²) >= 11 is 5.76. The molecule has 0 bridgehead atoms. The lowest BCUT2D eigenvalue weighted by atomic mass is 9.96. The van der Waals surface area contributed by atoms with Crippen LogP contribution in [0.2, 0.25) is 5.02 Å². The van der Waals surface area contributed by atoms with E-state index in [0.29, 0.717) is 16.3 Å². The standard InChI is InChI=1S/C17H17ClFNO3/c1-17(22,12-2-6-14(19)7-3-12)11-20-16(21)10-23-15-8-4-13(18)5-9-15/h2-9,22H,10-11H2,1H3,(H,20,21). The Morgan fingerprint density at radius 1 is 1.22 bits per heavy atom. The second kappa shape index (κ2) is 7.44. The van der Waals surface area contributed by atoms with Crippen LogP contribution in [-0.2, 0) is 10.4 Å². The van der Waals surface area contributed by atoms with Gasteiger partial charge in [-0.05, 0) is 48.9 Å². The van der Waals surface area contributed by atoms with Crippen LogP contribution in [0.4, 0.5) is 4.39 Å². The van der Waals surface area contributed by atoms with Crippen molar-refractivity contribution in [1.82, 2.24) is 5.32 Å². The zero-order valence-electron chi connectivity index (χ0n) is 12.6. The van der Waals surface area contributed by atoms with Crippen molar-refractivity contribution >= 4 is 17.5 Å². The lowest BCUT2D eigenvalue weighted by molar-refractivity contribution is -0.124. The first-order chi connectivity index (χ1) is 10.9. The maximum absolute atomic E-state index is 12.9. The average Bonchev–Trinajstić information content (AvgIpc) is 2.53. The molecular weight excluding hydrogens is 321 g/mol. The van der Waals surface area contributed by atoms with Gasteiger partial charge in [0.1, 0.15) is 17.2 Å². The Morgan fingerprint density at radius 2 is 1.83 bits per heavy atom. The number of carbonyl (C=O) groups excluding carboxylic acids is 1. The van der Waals surface area contributed by atoms with Gasteiger partial charge in [-0.3, -0.25) is 4.79 Å². The molecule has 1 unspecified atom stereocenters. The minimum atomic E-state index is -1.30. The van der Waals surface area contributed by atoms with Gasteiger partial charge in [0.2, 0.25) is 0 Å². The van der Waals surface area contributed by atoms with Crippen LogP contribution in [-0.4, -0.2) is 24.2 Å². The Balaban J connectivity index is 1.83. The fraction of sp³-hybridized carbons (Fsp3) is 0.235. The fourth-order valence-corrected chi connectivity index (χ4v) is 2.04. The fourth-order valence-electron chi connectivity index (χ4n) is 1.91. The number of carbonyl (C=O) groups is 1. The van der Waals surface area contributed by atoms with Crippen molar-refractivity contribution in [1.29, 1.82) is 0 Å². The van der Waals surface area contributed by atoms with E-state index in [1.54, 1.807) is 31.2 Å². The molecule has 0 aliphatic carbocycles. The number of aliphatic hydroxyl groups is 1. The summed E-state index contributed by atoms with van der Waals surface area (Å²) in [7, 11) is 0. The van der Waals surface area contributed by atoms with Crippen LogP contribution in [0.3, 0.4) is 0 Å². The first kappa shape index (κ1) is 17.2. The third kappa shape index (κ3) is 5.23. The molecule has 0 saturated heterocycles. The molecule has 0 saturated carbocycles. The van der Waals surface area contributed by atoms with E-state index in [4.69, 9.17) is 16.3 Å². The van der Waals surface area contributed by atoms with Gasteiger partial charge in [0.25, 0.3) is 5.91 Å². The highest BCUT2D eigenvalue weighted by molar-refractivity contribution is 6.30. The topological polar surface area (TPSA) is 58.6 Å². The number of ether oxygens (including phenoxy) is 1. The van der Waals surface area contributed by atoms with Crippen LogP contribution in [0.15, 0.2) is 48.5 Å². The van der Waals surface area contributed by atoms with Gasteiger partial charge in [0.05, 0.1) is 6.54 Å². The van der Waals surface area contributed by atoms with Gasteiger partial charge in [-0.15, -0.1) is 0 Å².